The van der Waals surface area contributed by atoms with E-state index < -0.39 is 11.7 Å². The third-order valence-electron chi connectivity index (χ3n) is 2.56. The van der Waals surface area contributed by atoms with E-state index in [2.05, 4.69) is 4.98 Å². The van der Waals surface area contributed by atoms with Crippen LogP contribution in [0.1, 0.15) is 15.9 Å². The highest BCUT2D eigenvalue weighted by Crippen LogP contribution is 2.29. The summed E-state index contributed by atoms with van der Waals surface area (Å²) in [6.45, 7) is 0. The van der Waals surface area contributed by atoms with Crippen molar-refractivity contribution in [2.45, 2.75) is 11.2 Å². The number of nitrogens with zero attached hydrogens (tertiary/aromatic N) is 1. The van der Waals surface area contributed by atoms with Crippen LogP contribution in [0.4, 0.5) is 13.2 Å². The van der Waals surface area contributed by atoms with Gasteiger partial charge in [-0.2, -0.15) is 13.2 Å². The van der Waals surface area contributed by atoms with Gasteiger partial charge in [0, 0.05) is 16.8 Å². The van der Waals surface area contributed by atoms with Gasteiger partial charge in [0.05, 0.1) is 16.3 Å². The largest absolute Gasteiger partial charge is 0.417 e. The number of benzene rings is 1. The van der Waals surface area contributed by atoms with E-state index in [0.29, 0.717) is 15.6 Å². The highest BCUT2D eigenvalue weighted by Gasteiger charge is 2.30. The van der Waals surface area contributed by atoms with Crippen LogP contribution in [-0.2, 0) is 6.18 Å². The lowest BCUT2D eigenvalue weighted by Crippen LogP contribution is -2.06. The zero-order valence-electron chi connectivity index (χ0n) is 10.5. The molecule has 0 saturated carbocycles. The van der Waals surface area contributed by atoms with Gasteiger partial charge in [0.1, 0.15) is 0 Å². The molecule has 0 amide bonds. The third kappa shape index (κ3) is 4.47. The van der Waals surface area contributed by atoms with E-state index in [-0.39, 0.29) is 11.5 Å². The Bertz CT molecular complexity index is 643. The van der Waals surface area contributed by atoms with Gasteiger partial charge in [0.15, 0.2) is 5.78 Å². The predicted octanol–water partition coefficient (Wildman–Crippen LogP) is 4.73. The van der Waals surface area contributed by atoms with E-state index in [9.17, 15) is 18.0 Å². The van der Waals surface area contributed by atoms with Gasteiger partial charge in [0.25, 0.3) is 0 Å². The number of thioether (sulfide) groups is 1. The molecule has 0 atom stereocenters. The van der Waals surface area contributed by atoms with E-state index in [1.54, 1.807) is 24.3 Å². The summed E-state index contributed by atoms with van der Waals surface area (Å²) in [6.07, 6.45) is -3.65. The van der Waals surface area contributed by atoms with Crippen molar-refractivity contribution in [1.29, 1.82) is 0 Å². The fraction of sp³-hybridized carbons (Fsp3) is 0.143. The first-order valence-electron chi connectivity index (χ1n) is 5.81. The molecule has 1 heterocycles. The van der Waals surface area contributed by atoms with Crippen LogP contribution in [-0.4, -0.2) is 16.5 Å². The number of carbonyl (C=O) groups is 1. The minimum absolute atomic E-state index is 0.0821. The van der Waals surface area contributed by atoms with Crippen molar-refractivity contribution in [2.75, 3.05) is 5.75 Å². The average molecular weight is 332 g/mol. The fourth-order valence-corrected chi connectivity index (χ4v) is 2.45. The van der Waals surface area contributed by atoms with Crippen LogP contribution in [0.2, 0.25) is 5.02 Å². The van der Waals surface area contributed by atoms with Gasteiger partial charge < -0.3 is 0 Å². The highest BCUT2D eigenvalue weighted by atomic mass is 35.5. The van der Waals surface area contributed by atoms with E-state index in [4.69, 9.17) is 11.6 Å². The molecule has 0 radical (unpaired) electrons. The van der Waals surface area contributed by atoms with Crippen molar-refractivity contribution in [2.24, 2.45) is 0 Å². The zero-order valence-corrected chi connectivity index (χ0v) is 12.1. The lowest BCUT2D eigenvalue weighted by Gasteiger charge is -2.06. The van der Waals surface area contributed by atoms with Crippen molar-refractivity contribution in [3.63, 3.8) is 0 Å². The van der Waals surface area contributed by atoms with Crippen molar-refractivity contribution in [3.05, 3.63) is 58.7 Å². The first-order valence-corrected chi connectivity index (χ1v) is 7.17. The molecule has 0 N–H and O–H groups in total. The molecule has 110 valence electrons. The van der Waals surface area contributed by atoms with Crippen molar-refractivity contribution < 1.29 is 18.0 Å². The SMILES string of the molecule is O=C(CSc1ccc(C(F)(F)F)cn1)c1cccc(Cl)c1. The number of ketones is 1. The van der Waals surface area contributed by atoms with Gasteiger partial charge in [-0.1, -0.05) is 35.5 Å². The second-order valence-electron chi connectivity index (χ2n) is 4.11. The maximum atomic E-state index is 12.4. The number of halogens is 4. The lowest BCUT2D eigenvalue weighted by atomic mass is 10.1. The third-order valence-corrected chi connectivity index (χ3v) is 3.74. The molecule has 2 rings (SSSR count). The van der Waals surface area contributed by atoms with E-state index in [1.807, 2.05) is 0 Å². The van der Waals surface area contributed by atoms with Crippen LogP contribution in [0, 0.1) is 0 Å². The van der Waals surface area contributed by atoms with E-state index in [0.717, 1.165) is 24.0 Å². The summed E-state index contributed by atoms with van der Waals surface area (Å²) >= 11 is 6.87. The van der Waals surface area contributed by atoms with Gasteiger partial charge in [-0.3, -0.25) is 4.79 Å². The monoisotopic (exact) mass is 331 g/mol. The minimum Gasteiger partial charge on any atom is -0.293 e. The van der Waals surface area contributed by atoms with Gasteiger partial charge >= 0.3 is 6.18 Å². The molecule has 21 heavy (non-hydrogen) atoms. The van der Waals surface area contributed by atoms with Crippen LogP contribution in [0.3, 0.4) is 0 Å². The molecular formula is C14H9ClF3NOS. The van der Waals surface area contributed by atoms with Gasteiger partial charge in [-0.25, -0.2) is 4.98 Å². The van der Waals surface area contributed by atoms with Gasteiger partial charge in [-0.05, 0) is 24.3 Å². The summed E-state index contributed by atoms with van der Waals surface area (Å²) in [4.78, 5) is 15.6. The quantitative estimate of drug-likeness (QED) is 0.599. The van der Waals surface area contributed by atoms with Crippen LogP contribution >= 0.6 is 23.4 Å². The molecule has 1 aromatic carbocycles. The number of rotatable bonds is 4. The molecule has 7 heteroatoms. The molecule has 0 aliphatic carbocycles. The molecule has 1 aromatic heterocycles. The van der Waals surface area contributed by atoms with Crippen LogP contribution < -0.4 is 0 Å². The lowest BCUT2D eigenvalue weighted by molar-refractivity contribution is -0.137. The average Bonchev–Trinajstić information content (AvgIpc) is 2.44. The molecule has 0 spiro atoms. The Balaban J connectivity index is 1.98. The number of hydrogen-bond donors (Lipinski definition) is 0. The Kier molecular flexibility index (Phi) is 4.90. The second kappa shape index (κ2) is 6.49. The molecule has 0 bridgehead atoms. The number of aromatic nitrogens is 1. The summed E-state index contributed by atoms with van der Waals surface area (Å²) in [5.41, 5.74) is -0.352. The maximum Gasteiger partial charge on any atom is 0.417 e. The summed E-state index contributed by atoms with van der Waals surface area (Å²) in [7, 11) is 0. The predicted molar refractivity (Wildman–Crippen MR) is 75.7 cm³/mol. The molecule has 0 aliphatic heterocycles. The molecule has 0 fully saturated rings. The molecule has 0 aliphatic rings. The molecule has 2 nitrogen and oxygen atoms in total. The Morgan fingerprint density at radius 3 is 2.57 bits per heavy atom. The van der Waals surface area contributed by atoms with Crippen LogP contribution in [0.25, 0.3) is 0 Å². The second-order valence-corrected chi connectivity index (χ2v) is 5.54. The van der Waals surface area contributed by atoms with E-state index >= 15 is 0 Å². The summed E-state index contributed by atoms with van der Waals surface area (Å²) in [6, 6.07) is 8.69. The van der Waals surface area contributed by atoms with Crippen molar-refractivity contribution in [3.8, 4) is 0 Å². The number of Topliss-reactive ketones (excluding diaryl/α,β-unsaturated/α-hetero) is 1. The Morgan fingerprint density at radius 1 is 1.24 bits per heavy atom. The number of pyridine rings is 1. The van der Waals surface area contributed by atoms with Crippen molar-refractivity contribution >= 4 is 29.1 Å². The summed E-state index contributed by atoms with van der Waals surface area (Å²) < 4.78 is 37.1. The Morgan fingerprint density at radius 2 is 2.00 bits per heavy atom. The zero-order chi connectivity index (χ0) is 15.5. The topological polar surface area (TPSA) is 30.0 Å². The molecule has 0 saturated heterocycles. The fourth-order valence-electron chi connectivity index (χ4n) is 1.52. The minimum atomic E-state index is -4.41. The van der Waals surface area contributed by atoms with Crippen LogP contribution in [0.15, 0.2) is 47.6 Å². The van der Waals surface area contributed by atoms with E-state index in [1.165, 1.54) is 6.07 Å². The standard InChI is InChI=1S/C14H9ClF3NOS/c15-11-3-1-2-9(6-11)12(20)8-21-13-5-4-10(7-19-13)14(16,17)18/h1-7H,8H2. The maximum absolute atomic E-state index is 12.4. The molecule has 0 unspecified atom stereocenters. The first kappa shape index (κ1) is 15.9. The van der Waals surface area contributed by atoms with Gasteiger partial charge in [0.2, 0.25) is 0 Å². The molecule has 2 aromatic rings. The number of hydrogen-bond acceptors (Lipinski definition) is 3. The van der Waals surface area contributed by atoms with Crippen LogP contribution in [0.5, 0.6) is 0 Å². The summed E-state index contributed by atoms with van der Waals surface area (Å²) in [5.74, 6) is -0.0807. The Labute approximate surface area is 128 Å². The number of alkyl halides is 3. The smallest absolute Gasteiger partial charge is 0.293 e. The normalized spacial score (nSPS) is 11.4. The molecular weight excluding hydrogens is 323 g/mol. The van der Waals surface area contributed by atoms with Crippen molar-refractivity contribution in [1.82, 2.24) is 4.98 Å². The Hall–Kier alpha value is -1.53. The first-order chi connectivity index (χ1) is 9.86. The summed E-state index contributed by atoms with van der Waals surface area (Å²) in [5, 5.41) is 0.817. The van der Waals surface area contributed by atoms with Gasteiger partial charge in [-0.15, -0.1) is 0 Å². The number of carbonyl (C=O) groups excluding carboxylic acids is 1. The highest BCUT2D eigenvalue weighted by molar-refractivity contribution is 7.99.